The van der Waals surface area contributed by atoms with Crippen LogP contribution >= 0.6 is 0 Å². The molecule has 4 rings (SSSR count). The lowest BCUT2D eigenvalue weighted by Gasteiger charge is -2.25. The van der Waals surface area contributed by atoms with Gasteiger partial charge in [-0.05, 0) is 30.7 Å². The Morgan fingerprint density at radius 3 is 2.50 bits per heavy atom. The predicted molar refractivity (Wildman–Crippen MR) is 106 cm³/mol. The molecule has 2 aromatic carbocycles. The zero-order valence-electron chi connectivity index (χ0n) is 14.6. The molecule has 0 radical (unpaired) electrons. The predicted octanol–water partition coefficient (Wildman–Crippen LogP) is 3.05. The SMILES string of the molecule is NC(=O)c1ccc2cncc(N3CCCN(c4ccccc4)CC3)c2c1. The van der Waals surface area contributed by atoms with Crippen molar-refractivity contribution in [1.29, 1.82) is 0 Å². The van der Waals surface area contributed by atoms with Crippen molar-refractivity contribution in [2.24, 2.45) is 5.73 Å². The number of carbonyl (C=O) groups excluding carboxylic acids is 1. The van der Waals surface area contributed by atoms with Gasteiger partial charge in [0.15, 0.2) is 0 Å². The number of nitrogens with two attached hydrogens (primary N) is 1. The topological polar surface area (TPSA) is 62.5 Å². The van der Waals surface area contributed by atoms with Gasteiger partial charge in [-0.3, -0.25) is 9.78 Å². The van der Waals surface area contributed by atoms with Crippen LogP contribution in [0.25, 0.3) is 10.8 Å². The molecule has 0 bridgehead atoms. The summed E-state index contributed by atoms with van der Waals surface area (Å²) in [5, 5.41) is 2.06. The number of hydrogen-bond acceptors (Lipinski definition) is 4. The van der Waals surface area contributed by atoms with Crippen molar-refractivity contribution in [3.8, 4) is 0 Å². The molecule has 26 heavy (non-hydrogen) atoms. The van der Waals surface area contributed by atoms with Crippen LogP contribution in [0.5, 0.6) is 0 Å². The minimum atomic E-state index is -0.402. The van der Waals surface area contributed by atoms with E-state index in [1.807, 2.05) is 30.6 Å². The highest BCUT2D eigenvalue weighted by Crippen LogP contribution is 2.28. The Morgan fingerprint density at radius 1 is 0.923 bits per heavy atom. The monoisotopic (exact) mass is 346 g/mol. The highest BCUT2D eigenvalue weighted by Gasteiger charge is 2.18. The molecule has 0 atom stereocenters. The summed E-state index contributed by atoms with van der Waals surface area (Å²) in [7, 11) is 0. The lowest BCUT2D eigenvalue weighted by Crippen LogP contribution is -2.30. The van der Waals surface area contributed by atoms with E-state index in [9.17, 15) is 4.79 Å². The van der Waals surface area contributed by atoms with Crippen LogP contribution in [0, 0.1) is 0 Å². The largest absolute Gasteiger partial charge is 0.370 e. The summed E-state index contributed by atoms with van der Waals surface area (Å²) in [4.78, 5) is 20.8. The Balaban J connectivity index is 1.63. The fourth-order valence-corrected chi connectivity index (χ4v) is 3.61. The third-order valence-electron chi connectivity index (χ3n) is 4.98. The number of aromatic nitrogens is 1. The average Bonchev–Trinajstić information content (AvgIpc) is 2.94. The summed E-state index contributed by atoms with van der Waals surface area (Å²) in [5.41, 5.74) is 8.33. The number of benzene rings is 2. The van der Waals surface area contributed by atoms with Gasteiger partial charge in [0.1, 0.15) is 0 Å². The van der Waals surface area contributed by atoms with Crippen LogP contribution in [0.4, 0.5) is 11.4 Å². The number of nitrogens with zero attached hydrogens (tertiary/aromatic N) is 3. The summed E-state index contributed by atoms with van der Waals surface area (Å²) < 4.78 is 0. The molecule has 1 aromatic heterocycles. The zero-order valence-corrected chi connectivity index (χ0v) is 14.6. The second-order valence-electron chi connectivity index (χ2n) is 6.62. The maximum Gasteiger partial charge on any atom is 0.248 e. The van der Waals surface area contributed by atoms with Gasteiger partial charge in [0.05, 0.1) is 11.9 Å². The van der Waals surface area contributed by atoms with Crippen molar-refractivity contribution >= 4 is 28.1 Å². The highest BCUT2D eigenvalue weighted by molar-refractivity contribution is 6.01. The number of anilines is 2. The minimum Gasteiger partial charge on any atom is -0.370 e. The lowest BCUT2D eigenvalue weighted by atomic mass is 10.1. The molecule has 2 N–H and O–H groups in total. The number of carbonyl (C=O) groups is 1. The number of fused-ring (bicyclic) bond motifs is 1. The van der Waals surface area contributed by atoms with E-state index in [1.54, 1.807) is 6.07 Å². The van der Waals surface area contributed by atoms with Crippen molar-refractivity contribution in [3.63, 3.8) is 0 Å². The van der Waals surface area contributed by atoms with Crippen molar-refractivity contribution < 1.29 is 4.79 Å². The van der Waals surface area contributed by atoms with Gasteiger partial charge in [0.25, 0.3) is 0 Å². The van der Waals surface area contributed by atoms with E-state index in [0.29, 0.717) is 5.56 Å². The van der Waals surface area contributed by atoms with Crippen LogP contribution in [-0.4, -0.2) is 37.1 Å². The standard InChI is InChI=1S/C21H22N4O/c22-21(26)16-7-8-17-14-23-15-20(19(17)13-16)25-10-4-9-24(11-12-25)18-5-2-1-3-6-18/h1-3,5-8,13-15H,4,9-12H2,(H2,22,26). The molecule has 0 spiro atoms. The second kappa shape index (κ2) is 7.04. The zero-order chi connectivity index (χ0) is 17.9. The fraction of sp³-hybridized carbons (Fsp3) is 0.238. The maximum absolute atomic E-state index is 11.6. The molecule has 2 heterocycles. The molecule has 132 valence electrons. The number of amides is 1. The van der Waals surface area contributed by atoms with Gasteiger partial charge in [-0.2, -0.15) is 0 Å². The Labute approximate surface area is 153 Å². The molecular formula is C21H22N4O. The summed E-state index contributed by atoms with van der Waals surface area (Å²) in [5.74, 6) is -0.402. The molecular weight excluding hydrogens is 324 g/mol. The van der Waals surface area contributed by atoms with E-state index in [1.165, 1.54) is 5.69 Å². The first-order valence-corrected chi connectivity index (χ1v) is 8.95. The Bertz CT molecular complexity index is 926. The second-order valence-corrected chi connectivity index (χ2v) is 6.62. The molecule has 0 aliphatic carbocycles. The van der Waals surface area contributed by atoms with Gasteiger partial charge in [0.2, 0.25) is 5.91 Å². The van der Waals surface area contributed by atoms with Crippen LogP contribution < -0.4 is 15.5 Å². The van der Waals surface area contributed by atoms with E-state index in [4.69, 9.17) is 5.73 Å². The van der Waals surface area contributed by atoms with Crippen LogP contribution in [0.1, 0.15) is 16.8 Å². The number of primary amides is 1. The first-order chi connectivity index (χ1) is 12.7. The summed E-state index contributed by atoms with van der Waals surface area (Å²) in [6, 6.07) is 16.1. The third-order valence-corrected chi connectivity index (χ3v) is 4.98. The van der Waals surface area contributed by atoms with Crippen LogP contribution in [0.3, 0.4) is 0 Å². The first kappa shape index (κ1) is 16.4. The molecule has 0 saturated carbocycles. The summed E-state index contributed by atoms with van der Waals surface area (Å²) >= 11 is 0. The number of hydrogen-bond donors (Lipinski definition) is 1. The highest BCUT2D eigenvalue weighted by atomic mass is 16.1. The lowest BCUT2D eigenvalue weighted by molar-refractivity contribution is 0.100. The van der Waals surface area contributed by atoms with E-state index in [2.05, 4.69) is 39.0 Å². The molecule has 1 aliphatic rings. The fourth-order valence-electron chi connectivity index (χ4n) is 3.61. The van der Waals surface area contributed by atoms with Gasteiger partial charge >= 0.3 is 0 Å². The van der Waals surface area contributed by atoms with E-state index < -0.39 is 5.91 Å². The molecule has 5 nitrogen and oxygen atoms in total. The van der Waals surface area contributed by atoms with Gasteiger partial charge in [-0.15, -0.1) is 0 Å². The average molecular weight is 346 g/mol. The van der Waals surface area contributed by atoms with Gasteiger partial charge in [0, 0.05) is 54.4 Å². The third kappa shape index (κ3) is 3.20. The summed E-state index contributed by atoms with van der Waals surface area (Å²) in [6.07, 6.45) is 4.80. The van der Waals surface area contributed by atoms with E-state index in [0.717, 1.165) is 49.1 Å². The smallest absolute Gasteiger partial charge is 0.248 e. The van der Waals surface area contributed by atoms with Crippen LogP contribution in [0.2, 0.25) is 0 Å². The first-order valence-electron chi connectivity index (χ1n) is 8.95. The minimum absolute atomic E-state index is 0.402. The van der Waals surface area contributed by atoms with E-state index >= 15 is 0 Å². The Morgan fingerprint density at radius 2 is 1.69 bits per heavy atom. The van der Waals surface area contributed by atoms with Crippen molar-refractivity contribution in [2.45, 2.75) is 6.42 Å². The number of para-hydroxylation sites is 1. The molecule has 1 aliphatic heterocycles. The maximum atomic E-state index is 11.6. The molecule has 3 aromatic rings. The Kier molecular flexibility index (Phi) is 4.44. The van der Waals surface area contributed by atoms with Gasteiger partial charge in [-0.25, -0.2) is 0 Å². The van der Waals surface area contributed by atoms with Crippen molar-refractivity contribution in [3.05, 3.63) is 66.5 Å². The molecule has 0 unspecified atom stereocenters. The molecule has 1 fully saturated rings. The summed E-state index contributed by atoms with van der Waals surface area (Å²) in [6.45, 7) is 3.86. The molecule has 5 heteroatoms. The van der Waals surface area contributed by atoms with Crippen molar-refractivity contribution in [2.75, 3.05) is 36.0 Å². The van der Waals surface area contributed by atoms with E-state index in [-0.39, 0.29) is 0 Å². The quantitative estimate of drug-likeness (QED) is 0.792. The van der Waals surface area contributed by atoms with Gasteiger partial charge < -0.3 is 15.5 Å². The normalized spacial score (nSPS) is 15.1. The Hall–Kier alpha value is -3.08. The van der Waals surface area contributed by atoms with Gasteiger partial charge in [-0.1, -0.05) is 24.3 Å². The van der Waals surface area contributed by atoms with Crippen molar-refractivity contribution in [1.82, 2.24) is 4.98 Å². The number of rotatable bonds is 3. The van der Waals surface area contributed by atoms with Crippen LogP contribution in [0.15, 0.2) is 60.9 Å². The molecule has 1 saturated heterocycles. The number of pyridine rings is 1. The molecule has 1 amide bonds. The van der Waals surface area contributed by atoms with Crippen LogP contribution in [-0.2, 0) is 0 Å².